The molecule has 0 fully saturated rings. The summed E-state index contributed by atoms with van der Waals surface area (Å²) < 4.78 is 0. The van der Waals surface area contributed by atoms with Gasteiger partial charge in [-0.15, -0.1) is 5.30 Å². The molecule has 4 aromatic carbocycles. The van der Waals surface area contributed by atoms with Gasteiger partial charge in [-0.3, -0.25) is 0 Å². The van der Waals surface area contributed by atoms with E-state index in [1.54, 1.807) is 0 Å². The molecule has 0 aliphatic carbocycles. The largest absolute Gasteiger partial charge is 0.748 e. The topological polar surface area (TPSA) is 0 Å². The number of hydrogen-bond donors (Lipinski definition) is 0. The summed E-state index contributed by atoms with van der Waals surface area (Å²) >= 11 is 0. The van der Waals surface area contributed by atoms with Gasteiger partial charge in [0.25, 0.3) is 0 Å². The van der Waals surface area contributed by atoms with Crippen molar-refractivity contribution in [1.29, 1.82) is 0 Å². The van der Waals surface area contributed by atoms with Crippen molar-refractivity contribution in [3.63, 3.8) is 0 Å². The minimum atomic E-state index is -0.508. The van der Waals surface area contributed by atoms with Gasteiger partial charge in [-0.2, -0.15) is 12.1 Å². The predicted molar refractivity (Wildman–Crippen MR) is 131 cm³/mol. The third kappa shape index (κ3) is 5.22. The van der Waals surface area contributed by atoms with E-state index in [1.165, 1.54) is 49.3 Å². The minimum Gasteiger partial charge on any atom is -0.748 e. The van der Waals surface area contributed by atoms with Gasteiger partial charge in [0.2, 0.25) is 0 Å². The molecule has 0 spiro atoms. The first-order valence-electron chi connectivity index (χ1n) is 10.2. The Morgan fingerprint density at radius 3 is 1.30 bits per heavy atom. The van der Waals surface area contributed by atoms with Crippen LogP contribution in [-0.4, -0.2) is 0 Å². The fourth-order valence-corrected chi connectivity index (χ4v) is 6.35. The number of benzene rings is 2. The first kappa shape index (κ1) is 24.4. The molecule has 0 aromatic heterocycles. The van der Waals surface area contributed by atoms with Gasteiger partial charge >= 0.3 is 0 Å². The SMILES string of the molecule is Cc1ccc(P(c2ccc(C)c(C)c2C)[c-]2cccc2)c(C)c1C.[Fe].[cH-]1[cH-][cH-][cH-][cH-]1. The Bertz CT molecular complexity index is 982. The van der Waals surface area contributed by atoms with Crippen LogP contribution < -0.4 is 15.9 Å². The van der Waals surface area contributed by atoms with Gasteiger partial charge in [0.05, 0.1) is 0 Å². The molecule has 0 aliphatic rings. The smallest absolute Gasteiger partial charge is 0 e. The third-order valence-electron chi connectivity index (χ3n) is 6.00. The molecule has 0 bridgehead atoms. The van der Waals surface area contributed by atoms with Crippen molar-refractivity contribution in [3.05, 3.63) is 112 Å². The van der Waals surface area contributed by atoms with Crippen molar-refractivity contribution in [2.75, 3.05) is 0 Å². The van der Waals surface area contributed by atoms with Crippen LogP contribution in [0.25, 0.3) is 0 Å². The zero-order valence-electron chi connectivity index (χ0n) is 18.8. The van der Waals surface area contributed by atoms with Crippen molar-refractivity contribution in [2.45, 2.75) is 41.5 Å². The molecule has 0 unspecified atom stereocenters. The second-order valence-corrected chi connectivity index (χ2v) is 9.89. The fraction of sp³-hybridized carbons (Fsp3) is 0.214. The Balaban J connectivity index is 0.000000468. The van der Waals surface area contributed by atoms with Gasteiger partial charge in [-0.25, -0.2) is 12.1 Å². The first-order valence-corrected chi connectivity index (χ1v) is 11.6. The van der Waals surface area contributed by atoms with E-state index in [4.69, 9.17) is 0 Å². The molecule has 0 saturated carbocycles. The third-order valence-corrected chi connectivity index (χ3v) is 8.75. The molecule has 0 N–H and O–H groups in total. The summed E-state index contributed by atoms with van der Waals surface area (Å²) in [6, 6.07) is 28.2. The molecule has 0 atom stereocenters. The molecule has 0 radical (unpaired) electrons. The Hall–Kier alpha value is -1.91. The van der Waals surface area contributed by atoms with E-state index in [1.807, 2.05) is 30.3 Å². The van der Waals surface area contributed by atoms with Gasteiger partial charge < -0.3 is 30.3 Å². The maximum Gasteiger partial charge on any atom is 0 e. The summed E-state index contributed by atoms with van der Waals surface area (Å²) in [5.74, 6) is 0. The number of rotatable bonds is 3. The summed E-state index contributed by atoms with van der Waals surface area (Å²) in [6.07, 6.45) is 0. The van der Waals surface area contributed by atoms with Crippen LogP contribution in [0.2, 0.25) is 0 Å². The second kappa shape index (κ2) is 10.9. The zero-order chi connectivity index (χ0) is 21.0. The van der Waals surface area contributed by atoms with Crippen molar-refractivity contribution in [3.8, 4) is 0 Å². The van der Waals surface area contributed by atoms with Gasteiger partial charge in [0, 0.05) is 17.1 Å². The summed E-state index contributed by atoms with van der Waals surface area (Å²) in [5, 5.41) is 4.43. The standard InChI is InChI=1S/C23H26P.C5H5.Fe/c1-15-11-13-22(19(5)17(15)3)24(21-9-7-8-10-21)23-14-12-16(2)18(4)20(23)6;1-2-4-5-3-1;/h7-14H,1-6H3;1-5H;/q-1;-5;. The van der Waals surface area contributed by atoms with Gasteiger partial charge in [0.15, 0.2) is 0 Å². The predicted octanol–water partition coefficient (Wildman–Crippen LogP) is 6.42. The molecule has 0 amide bonds. The average Bonchev–Trinajstić information content (AvgIpc) is 3.44. The molecule has 4 rings (SSSR count). The molecular formula is C28H31FeP-6. The molecule has 0 nitrogen and oxygen atoms in total. The van der Waals surface area contributed by atoms with Crippen molar-refractivity contribution in [2.24, 2.45) is 0 Å². The quantitative estimate of drug-likeness (QED) is 0.191. The molecule has 30 heavy (non-hydrogen) atoms. The van der Waals surface area contributed by atoms with Crippen molar-refractivity contribution >= 4 is 23.8 Å². The summed E-state index contributed by atoms with van der Waals surface area (Å²) in [5.41, 5.74) is 8.50. The van der Waals surface area contributed by atoms with Crippen LogP contribution >= 0.6 is 7.92 Å². The molecular weight excluding hydrogens is 423 g/mol. The molecule has 0 saturated heterocycles. The van der Waals surface area contributed by atoms with E-state index < -0.39 is 7.92 Å². The van der Waals surface area contributed by atoms with Crippen LogP contribution in [0.3, 0.4) is 0 Å². The normalized spacial score (nSPS) is 10.4. The van der Waals surface area contributed by atoms with E-state index in [-0.39, 0.29) is 17.1 Å². The van der Waals surface area contributed by atoms with Gasteiger partial charge in [0.1, 0.15) is 0 Å². The molecule has 0 aliphatic heterocycles. The Labute approximate surface area is 194 Å². The summed E-state index contributed by atoms with van der Waals surface area (Å²) in [6.45, 7) is 13.5. The van der Waals surface area contributed by atoms with Crippen molar-refractivity contribution in [1.82, 2.24) is 0 Å². The molecule has 162 valence electrons. The van der Waals surface area contributed by atoms with E-state index >= 15 is 0 Å². The average molecular weight is 454 g/mol. The molecule has 4 aromatic rings. The van der Waals surface area contributed by atoms with Crippen LogP contribution in [0.4, 0.5) is 0 Å². The Morgan fingerprint density at radius 1 is 0.567 bits per heavy atom. The van der Waals surface area contributed by atoms with Crippen LogP contribution in [0.15, 0.2) is 78.9 Å². The van der Waals surface area contributed by atoms with Crippen LogP contribution in [0.1, 0.15) is 33.4 Å². The van der Waals surface area contributed by atoms with Crippen LogP contribution in [-0.2, 0) is 17.1 Å². The van der Waals surface area contributed by atoms with E-state index in [2.05, 4.69) is 90.1 Å². The second-order valence-electron chi connectivity index (χ2n) is 7.74. The maximum atomic E-state index is 2.35. The maximum absolute atomic E-state index is 2.35. The van der Waals surface area contributed by atoms with E-state index in [0.29, 0.717) is 0 Å². The monoisotopic (exact) mass is 454 g/mol. The Kier molecular flexibility index (Phi) is 8.87. The first-order chi connectivity index (χ1) is 13.9. The van der Waals surface area contributed by atoms with Crippen molar-refractivity contribution < 1.29 is 17.1 Å². The zero-order valence-corrected chi connectivity index (χ0v) is 20.8. The fourth-order valence-electron chi connectivity index (χ4n) is 3.61. The van der Waals surface area contributed by atoms with Gasteiger partial charge in [-0.1, -0.05) is 32.2 Å². The molecule has 0 heterocycles. The van der Waals surface area contributed by atoms with Crippen LogP contribution in [0, 0.1) is 41.5 Å². The Morgan fingerprint density at radius 2 is 0.933 bits per heavy atom. The minimum absolute atomic E-state index is 0. The number of aryl methyl sites for hydroxylation is 2. The summed E-state index contributed by atoms with van der Waals surface area (Å²) in [4.78, 5) is 0. The van der Waals surface area contributed by atoms with E-state index in [9.17, 15) is 0 Å². The van der Waals surface area contributed by atoms with Crippen LogP contribution in [0.5, 0.6) is 0 Å². The van der Waals surface area contributed by atoms with E-state index in [0.717, 1.165) is 0 Å². The summed E-state index contributed by atoms with van der Waals surface area (Å²) in [7, 11) is -0.508. The number of hydrogen-bond acceptors (Lipinski definition) is 0. The van der Waals surface area contributed by atoms with Gasteiger partial charge in [-0.05, 0) is 85.5 Å². The molecule has 2 heteroatoms.